The van der Waals surface area contributed by atoms with Crippen LogP contribution in [0.25, 0.3) is 44.5 Å². The number of hydrogen-bond donors (Lipinski definition) is 0. The smallest absolute Gasteiger partial charge is 0.0700 e. The van der Waals surface area contributed by atoms with Gasteiger partial charge in [0.25, 0.3) is 0 Å². The lowest BCUT2D eigenvalue weighted by atomic mass is 9.82. The van der Waals surface area contributed by atoms with Crippen molar-refractivity contribution in [3.63, 3.8) is 0 Å². The molecule has 0 fully saturated rings. The molecule has 292 valence electrons. The minimum absolute atomic E-state index is 0.110. The molecule has 1 aliphatic heterocycles. The highest BCUT2D eigenvalue weighted by atomic mass is 15.3. The third kappa shape index (κ3) is 6.20. The van der Waals surface area contributed by atoms with Crippen LogP contribution in [0, 0.1) is 0 Å². The molecule has 9 aromatic rings. The van der Waals surface area contributed by atoms with Gasteiger partial charge in [-0.1, -0.05) is 153 Å². The van der Waals surface area contributed by atoms with E-state index < -0.39 is 0 Å². The van der Waals surface area contributed by atoms with Gasteiger partial charge in [0.05, 0.1) is 22.7 Å². The first kappa shape index (κ1) is 36.5. The van der Waals surface area contributed by atoms with Crippen LogP contribution in [0.5, 0.6) is 0 Å². The summed E-state index contributed by atoms with van der Waals surface area (Å²) in [5.41, 5.74) is 21.6. The lowest BCUT2D eigenvalue weighted by molar-refractivity contribution is 0.660. The molecule has 9 aromatic carbocycles. The molecule has 2 aliphatic rings. The Bertz CT molecular complexity index is 3060. The van der Waals surface area contributed by atoms with Crippen LogP contribution in [0.1, 0.15) is 25.0 Å². The van der Waals surface area contributed by atoms with Crippen molar-refractivity contribution in [3.8, 4) is 44.5 Å². The fourth-order valence-electron chi connectivity index (χ4n) is 9.61. The molecule has 0 bridgehead atoms. The van der Waals surface area contributed by atoms with Crippen LogP contribution in [-0.2, 0) is 5.41 Å². The van der Waals surface area contributed by atoms with E-state index in [2.05, 4.69) is 254 Å². The zero-order chi connectivity index (χ0) is 41.1. The molecule has 3 heteroatoms. The maximum Gasteiger partial charge on any atom is 0.0700 e. The third-order valence-electron chi connectivity index (χ3n) is 12.8. The summed E-state index contributed by atoms with van der Waals surface area (Å²) < 4.78 is 0. The second kappa shape index (κ2) is 14.6. The van der Waals surface area contributed by atoms with Crippen LogP contribution in [-0.4, -0.2) is 7.05 Å². The molecule has 0 unspecified atom stereocenters. The van der Waals surface area contributed by atoms with Crippen LogP contribution in [0.3, 0.4) is 0 Å². The Kier molecular flexibility index (Phi) is 8.72. The van der Waals surface area contributed by atoms with Gasteiger partial charge in [-0.15, -0.1) is 0 Å². The molecule has 3 nitrogen and oxygen atoms in total. The summed E-state index contributed by atoms with van der Waals surface area (Å²) in [4.78, 5) is 7.10. The standard InChI is InChI=1S/C58H45N3/c1-58(2)52-22-11-10-21-50(52)51-35-34-49(39-53(51)58)60(47-30-25-41(26-31-47)44-18-14-17-43(37-44)40-15-6-4-7-16-40)48-32-27-42(28-33-48)45-29-36-56-57(38-45)59(3)54-23-12-13-24-55(54)61(56)46-19-8-5-9-20-46/h4-39H,1-3H3. The Morgan fingerprint density at radius 2 is 0.836 bits per heavy atom. The predicted octanol–water partition coefficient (Wildman–Crippen LogP) is 16.0. The summed E-state index contributed by atoms with van der Waals surface area (Å²) in [7, 11) is 2.17. The van der Waals surface area contributed by atoms with Crippen LogP contribution in [0.2, 0.25) is 0 Å². The fraction of sp³-hybridized carbons (Fsp3) is 0.0690. The summed E-state index contributed by atoms with van der Waals surface area (Å²) in [5.74, 6) is 0. The van der Waals surface area contributed by atoms with Gasteiger partial charge in [-0.2, -0.15) is 0 Å². The quantitative estimate of drug-likeness (QED) is 0.159. The largest absolute Gasteiger partial charge is 0.341 e. The number of benzene rings is 9. The topological polar surface area (TPSA) is 9.72 Å². The molecule has 0 aromatic heterocycles. The SMILES string of the molecule is CN1c2ccccc2N(c2ccccc2)c2ccc(-c3ccc(N(c4ccc(-c5cccc(-c6ccccc6)c5)cc4)c4ccc5c(c4)C(C)(C)c4ccccc4-5)cc3)cc21. The maximum atomic E-state index is 2.41. The molecule has 1 aliphatic carbocycles. The number of nitrogens with zero attached hydrogens (tertiary/aromatic N) is 3. The molecule has 0 atom stereocenters. The minimum atomic E-state index is -0.110. The number of anilines is 8. The third-order valence-corrected chi connectivity index (χ3v) is 12.8. The van der Waals surface area contributed by atoms with Gasteiger partial charge in [0.15, 0.2) is 0 Å². The van der Waals surface area contributed by atoms with Crippen molar-refractivity contribution in [1.29, 1.82) is 0 Å². The second-order valence-corrected chi connectivity index (χ2v) is 16.7. The first-order valence-electron chi connectivity index (χ1n) is 21.2. The molecule has 0 amide bonds. The Morgan fingerprint density at radius 1 is 0.344 bits per heavy atom. The molecule has 0 saturated carbocycles. The van der Waals surface area contributed by atoms with Crippen LogP contribution >= 0.6 is 0 Å². The normalized spacial score (nSPS) is 13.2. The lowest BCUT2D eigenvalue weighted by Gasteiger charge is -2.38. The molecule has 1 heterocycles. The van der Waals surface area contributed by atoms with Crippen molar-refractivity contribution in [1.82, 2.24) is 0 Å². The molecular weight excluding hydrogens is 739 g/mol. The van der Waals surface area contributed by atoms with E-state index in [-0.39, 0.29) is 5.41 Å². The molecule has 61 heavy (non-hydrogen) atoms. The average molecular weight is 784 g/mol. The van der Waals surface area contributed by atoms with Gasteiger partial charge in [0.1, 0.15) is 0 Å². The predicted molar refractivity (Wildman–Crippen MR) is 258 cm³/mol. The summed E-state index contributed by atoms with van der Waals surface area (Å²) >= 11 is 0. The second-order valence-electron chi connectivity index (χ2n) is 16.7. The molecule has 0 spiro atoms. The van der Waals surface area contributed by atoms with Crippen molar-refractivity contribution in [2.45, 2.75) is 19.3 Å². The number of hydrogen-bond acceptors (Lipinski definition) is 3. The van der Waals surface area contributed by atoms with E-state index in [0.29, 0.717) is 0 Å². The maximum absolute atomic E-state index is 2.41. The Morgan fingerprint density at radius 3 is 1.52 bits per heavy atom. The highest BCUT2D eigenvalue weighted by Gasteiger charge is 2.36. The van der Waals surface area contributed by atoms with E-state index in [9.17, 15) is 0 Å². The number of rotatable bonds is 7. The van der Waals surface area contributed by atoms with Crippen molar-refractivity contribution in [2.24, 2.45) is 0 Å². The molecule has 0 N–H and O–H groups in total. The number of para-hydroxylation sites is 3. The van der Waals surface area contributed by atoms with Gasteiger partial charge >= 0.3 is 0 Å². The summed E-state index contributed by atoms with van der Waals surface area (Å²) in [5, 5.41) is 0. The Balaban J connectivity index is 0.977. The van der Waals surface area contributed by atoms with Gasteiger partial charge < -0.3 is 14.7 Å². The average Bonchev–Trinajstić information content (AvgIpc) is 3.55. The highest BCUT2D eigenvalue weighted by molar-refractivity contribution is 5.99. The van der Waals surface area contributed by atoms with E-state index in [1.54, 1.807) is 0 Å². The first-order valence-corrected chi connectivity index (χ1v) is 21.2. The fourth-order valence-corrected chi connectivity index (χ4v) is 9.61. The Labute approximate surface area is 359 Å². The van der Waals surface area contributed by atoms with Gasteiger partial charge in [-0.3, -0.25) is 0 Å². The molecule has 11 rings (SSSR count). The number of fused-ring (bicyclic) bond motifs is 5. The molecule has 0 saturated heterocycles. The van der Waals surface area contributed by atoms with E-state index >= 15 is 0 Å². The van der Waals surface area contributed by atoms with E-state index in [1.807, 2.05) is 0 Å². The lowest BCUT2D eigenvalue weighted by Crippen LogP contribution is -2.24. The van der Waals surface area contributed by atoms with Crippen molar-refractivity contribution >= 4 is 45.5 Å². The van der Waals surface area contributed by atoms with Crippen molar-refractivity contribution < 1.29 is 0 Å². The van der Waals surface area contributed by atoms with E-state index in [4.69, 9.17) is 0 Å². The van der Waals surface area contributed by atoms with Gasteiger partial charge in [-0.25, -0.2) is 0 Å². The highest BCUT2D eigenvalue weighted by Crippen LogP contribution is 2.53. The Hall–Kier alpha value is -7.62. The van der Waals surface area contributed by atoms with Crippen LogP contribution in [0.4, 0.5) is 45.5 Å². The zero-order valence-corrected chi connectivity index (χ0v) is 34.6. The van der Waals surface area contributed by atoms with Crippen LogP contribution in [0.15, 0.2) is 218 Å². The first-order chi connectivity index (χ1) is 29.9. The summed E-state index contributed by atoms with van der Waals surface area (Å²) in [6.07, 6.45) is 0. The summed E-state index contributed by atoms with van der Waals surface area (Å²) in [6.45, 7) is 4.71. The van der Waals surface area contributed by atoms with E-state index in [0.717, 1.165) is 28.4 Å². The van der Waals surface area contributed by atoms with Crippen molar-refractivity contribution in [3.05, 3.63) is 230 Å². The van der Waals surface area contributed by atoms with Crippen LogP contribution < -0.4 is 14.7 Å². The summed E-state index contributed by atoms with van der Waals surface area (Å²) in [6, 6.07) is 79.6. The zero-order valence-electron chi connectivity index (χ0n) is 34.6. The van der Waals surface area contributed by atoms with Crippen molar-refractivity contribution in [2.75, 3.05) is 21.7 Å². The van der Waals surface area contributed by atoms with E-state index in [1.165, 1.54) is 72.7 Å². The molecular formula is C58H45N3. The van der Waals surface area contributed by atoms with Gasteiger partial charge in [-0.05, 0) is 134 Å². The van der Waals surface area contributed by atoms with Gasteiger partial charge in [0.2, 0.25) is 0 Å². The molecule has 0 radical (unpaired) electrons. The van der Waals surface area contributed by atoms with Gasteiger partial charge in [0, 0.05) is 35.2 Å². The minimum Gasteiger partial charge on any atom is -0.341 e. The monoisotopic (exact) mass is 783 g/mol.